The summed E-state index contributed by atoms with van der Waals surface area (Å²) in [5.74, 6) is 0. The van der Waals surface area contributed by atoms with Crippen LogP contribution in [0.2, 0.25) is 5.02 Å². The van der Waals surface area contributed by atoms with Gasteiger partial charge >= 0.3 is 0 Å². The molecular formula is C10H10ClN3. The van der Waals surface area contributed by atoms with Crippen LogP contribution in [0.5, 0.6) is 0 Å². The Morgan fingerprint density at radius 1 is 1.36 bits per heavy atom. The van der Waals surface area contributed by atoms with Gasteiger partial charge in [-0.05, 0) is 18.2 Å². The van der Waals surface area contributed by atoms with E-state index in [-0.39, 0.29) is 6.29 Å². The summed E-state index contributed by atoms with van der Waals surface area (Å²) >= 11 is 6.04. The summed E-state index contributed by atoms with van der Waals surface area (Å²) in [6.07, 6.45) is 4.98. The molecule has 0 aromatic heterocycles. The van der Waals surface area contributed by atoms with Crippen molar-refractivity contribution in [3.63, 3.8) is 0 Å². The van der Waals surface area contributed by atoms with Crippen LogP contribution in [-0.2, 0) is 0 Å². The van der Waals surface area contributed by atoms with Crippen molar-refractivity contribution in [3.8, 4) is 0 Å². The molecule has 0 amide bonds. The average molecular weight is 208 g/mol. The first-order chi connectivity index (χ1) is 6.79. The molecule has 1 aromatic rings. The largest absolute Gasteiger partial charge is 0.312 e. The van der Waals surface area contributed by atoms with Gasteiger partial charge in [0, 0.05) is 12.4 Å². The molecule has 0 saturated carbocycles. The molecule has 0 fully saturated rings. The van der Waals surface area contributed by atoms with Gasteiger partial charge in [-0.15, -0.1) is 0 Å². The summed E-state index contributed by atoms with van der Waals surface area (Å²) in [6.45, 7) is 0. The first-order valence-corrected chi connectivity index (χ1v) is 4.65. The highest BCUT2D eigenvalue weighted by Crippen LogP contribution is 2.26. The van der Waals surface area contributed by atoms with Crippen LogP contribution in [0.1, 0.15) is 0 Å². The highest BCUT2D eigenvalue weighted by atomic mass is 35.5. The van der Waals surface area contributed by atoms with Gasteiger partial charge in [-0.2, -0.15) is 0 Å². The van der Waals surface area contributed by atoms with Gasteiger partial charge in [0.05, 0.1) is 10.7 Å². The van der Waals surface area contributed by atoms with E-state index in [0.29, 0.717) is 5.02 Å². The van der Waals surface area contributed by atoms with E-state index in [4.69, 9.17) is 17.3 Å². The fourth-order valence-corrected chi connectivity index (χ4v) is 1.55. The summed E-state index contributed by atoms with van der Waals surface area (Å²) < 4.78 is 0. The molecule has 72 valence electrons. The maximum Gasteiger partial charge on any atom is 0.177 e. The van der Waals surface area contributed by atoms with Crippen molar-refractivity contribution in [3.05, 3.63) is 41.6 Å². The number of nitrogens with two attached hydrogens (primary N) is 1. The zero-order valence-electron chi connectivity index (χ0n) is 7.47. The van der Waals surface area contributed by atoms with Gasteiger partial charge < -0.3 is 4.90 Å². The van der Waals surface area contributed by atoms with Crippen LogP contribution in [0.15, 0.2) is 41.5 Å². The van der Waals surface area contributed by atoms with E-state index in [0.717, 1.165) is 5.69 Å². The normalized spacial score (nSPS) is 20.1. The molecule has 0 saturated heterocycles. The Morgan fingerprint density at radius 2 is 2.14 bits per heavy atom. The Hall–Kier alpha value is -1.32. The van der Waals surface area contributed by atoms with Gasteiger partial charge in [0.25, 0.3) is 0 Å². The molecule has 0 bridgehead atoms. The molecular weight excluding hydrogens is 198 g/mol. The number of hydrogen-bond donors (Lipinski definition) is 1. The monoisotopic (exact) mass is 207 g/mol. The van der Waals surface area contributed by atoms with Crippen molar-refractivity contribution in [2.75, 3.05) is 4.90 Å². The van der Waals surface area contributed by atoms with Crippen LogP contribution >= 0.6 is 11.6 Å². The van der Waals surface area contributed by atoms with Crippen LogP contribution in [0, 0.1) is 0 Å². The molecule has 3 nitrogen and oxygen atoms in total. The minimum atomic E-state index is -0.389. The van der Waals surface area contributed by atoms with Crippen LogP contribution in [-0.4, -0.2) is 12.5 Å². The molecule has 1 aliphatic rings. The number of halogens is 1. The third-order valence-electron chi connectivity index (χ3n) is 1.99. The van der Waals surface area contributed by atoms with E-state index >= 15 is 0 Å². The second-order valence-corrected chi connectivity index (χ2v) is 3.32. The minimum absolute atomic E-state index is 0.389. The minimum Gasteiger partial charge on any atom is -0.312 e. The fraction of sp³-hybridized carbons (Fsp3) is 0.100. The van der Waals surface area contributed by atoms with Crippen LogP contribution < -0.4 is 10.6 Å². The lowest BCUT2D eigenvalue weighted by Gasteiger charge is -2.26. The maximum atomic E-state index is 6.04. The summed E-state index contributed by atoms with van der Waals surface area (Å²) in [4.78, 5) is 5.88. The van der Waals surface area contributed by atoms with Gasteiger partial charge in [-0.25, -0.2) is 0 Å². The van der Waals surface area contributed by atoms with E-state index in [1.807, 2.05) is 41.4 Å². The molecule has 1 heterocycles. The van der Waals surface area contributed by atoms with Crippen molar-refractivity contribution in [2.45, 2.75) is 6.29 Å². The number of benzene rings is 1. The highest BCUT2D eigenvalue weighted by Gasteiger charge is 2.14. The zero-order chi connectivity index (χ0) is 9.97. The number of rotatable bonds is 1. The van der Waals surface area contributed by atoms with E-state index in [1.165, 1.54) is 0 Å². The molecule has 0 spiro atoms. The maximum absolute atomic E-state index is 6.04. The molecule has 1 unspecified atom stereocenters. The zero-order valence-corrected chi connectivity index (χ0v) is 8.22. The lowest BCUT2D eigenvalue weighted by molar-refractivity contribution is 0.711. The second kappa shape index (κ2) is 3.82. The lowest BCUT2D eigenvalue weighted by atomic mass is 10.3. The molecule has 4 heteroatoms. The number of nitrogens with zero attached hydrogens (tertiary/aromatic N) is 2. The molecule has 0 aliphatic carbocycles. The Balaban J connectivity index is 2.36. The summed E-state index contributed by atoms with van der Waals surface area (Å²) in [6, 6.07) is 7.54. The topological polar surface area (TPSA) is 41.6 Å². The van der Waals surface area contributed by atoms with Crippen molar-refractivity contribution in [1.29, 1.82) is 0 Å². The fourth-order valence-electron chi connectivity index (χ4n) is 1.31. The Kier molecular flexibility index (Phi) is 2.52. The van der Waals surface area contributed by atoms with Gasteiger partial charge in [-0.3, -0.25) is 10.7 Å². The van der Waals surface area contributed by atoms with Gasteiger partial charge in [-0.1, -0.05) is 23.7 Å². The average Bonchev–Trinajstić information content (AvgIpc) is 2.20. The predicted molar refractivity (Wildman–Crippen MR) is 59.5 cm³/mol. The Bertz CT molecular complexity index is 387. The Morgan fingerprint density at radius 3 is 2.86 bits per heavy atom. The van der Waals surface area contributed by atoms with Crippen molar-refractivity contribution < 1.29 is 0 Å². The quantitative estimate of drug-likeness (QED) is 0.765. The number of allylic oxidation sites excluding steroid dienone is 1. The second-order valence-electron chi connectivity index (χ2n) is 2.91. The third kappa shape index (κ3) is 1.64. The van der Waals surface area contributed by atoms with Crippen molar-refractivity contribution in [1.82, 2.24) is 0 Å². The Labute approximate surface area is 87.5 Å². The first-order valence-electron chi connectivity index (χ1n) is 4.27. The third-order valence-corrected chi connectivity index (χ3v) is 2.31. The van der Waals surface area contributed by atoms with Crippen LogP contribution in [0.3, 0.4) is 0 Å². The molecule has 14 heavy (non-hydrogen) atoms. The van der Waals surface area contributed by atoms with Crippen molar-refractivity contribution in [2.24, 2.45) is 10.7 Å². The van der Waals surface area contributed by atoms with E-state index in [9.17, 15) is 0 Å². The number of hydrogen-bond acceptors (Lipinski definition) is 3. The number of aliphatic imine (C=N–C) groups is 1. The van der Waals surface area contributed by atoms with Gasteiger partial charge in [0.15, 0.2) is 6.29 Å². The highest BCUT2D eigenvalue weighted by molar-refractivity contribution is 6.33. The molecule has 1 aliphatic heterocycles. The van der Waals surface area contributed by atoms with E-state index in [1.54, 1.807) is 6.21 Å². The molecule has 1 aromatic carbocycles. The number of para-hydroxylation sites is 1. The molecule has 2 rings (SSSR count). The molecule has 2 N–H and O–H groups in total. The van der Waals surface area contributed by atoms with Crippen molar-refractivity contribution >= 4 is 23.5 Å². The SMILES string of the molecule is NC1N=CC=CN1c1ccccc1Cl. The predicted octanol–water partition coefficient (Wildman–Crippen LogP) is 1.99. The van der Waals surface area contributed by atoms with Gasteiger partial charge in [0.2, 0.25) is 0 Å². The smallest absolute Gasteiger partial charge is 0.177 e. The lowest BCUT2D eigenvalue weighted by Crippen LogP contribution is -2.38. The van der Waals surface area contributed by atoms with E-state index < -0.39 is 0 Å². The first kappa shape index (κ1) is 9.24. The summed E-state index contributed by atoms with van der Waals surface area (Å²) in [5.41, 5.74) is 6.67. The standard InChI is InChI=1S/C10H10ClN3/c11-8-4-1-2-5-9(8)14-7-3-6-13-10(14)12/h1-7,10H,12H2. The van der Waals surface area contributed by atoms with E-state index in [2.05, 4.69) is 4.99 Å². The summed E-state index contributed by atoms with van der Waals surface area (Å²) in [7, 11) is 0. The molecule has 0 radical (unpaired) electrons. The van der Waals surface area contributed by atoms with Crippen LogP contribution in [0.25, 0.3) is 0 Å². The summed E-state index contributed by atoms with van der Waals surface area (Å²) in [5, 5.41) is 0.671. The van der Waals surface area contributed by atoms with Crippen LogP contribution in [0.4, 0.5) is 5.69 Å². The number of anilines is 1. The van der Waals surface area contributed by atoms with Gasteiger partial charge in [0.1, 0.15) is 0 Å². The molecule has 1 atom stereocenters.